The van der Waals surface area contributed by atoms with Gasteiger partial charge in [0.05, 0.1) is 17.1 Å². The number of likely N-dealkylation sites (N-methyl/N-ethyl adjacent to an activating group) is 1. The molecule has 1 aromatic carbocycles. The summed E-state index contributed by atoms with van der Waals surface area (Å²) < 4.78 is 3.54. The molecule has 1 fully saturated rings. The molecule has 1 aliphatic heterocycles. The first-order valence-electron chi connectivity index (χ1n) is 11.0. The zero-order valence-electron chi connectivity index (χ0n) is 19.0. The summed E-state index contributed by atoms with van der Waals surface area (Å²) >= 11 is 0. The molecule has 0 radical (unpaired) electrons. The van der Waals surface area contributed by atoms with E-state index in [1.807, 2.05) is 23.6 Å². The minimum atomic E-state index is -0.735. The molecular weight excluding hydrogens is 416 g/mol. The van der Waals surface area contributed by atoms with Gasteiger partial charge in [0, 0.05) is 43.1 Å². The molecule has 5 rings (SSSR count). The van der Waals surface area contributed by atoms with Crippen LogP contribution in [-0.4, -0.2) is 67.5 Å². The van der Waals surface area contributed by atoms with Crippen LogP contribution in [0.2, 0.25) is 0 Å². The van der Waals surface area contributed by atoms with Gasteiger partial charge in [0.15, 0.2) is 11.5 Å². The molecular formula is C24H26N8O. The zero-order chi connectivity index (χ0) is 23.1. The summed E-state index contributed by atoms with van der Waals surface area (Å²) in [6.45, 7) is 7.66. The lowest BCUT2D eigenvalue weighted by Crippen LogP contribution is -2.44. The summed E-state index contributed by atoms with van der Waals surface area (Å²) in [5.41, 5.74) is 4.74. The molecule has 9 nitrogen and oxygen atoms in total. The number of benzene rings is 1. The molecule has 168 valence electrons. The van der Waals surface area contributed by atoms with Crippen LogP contribution in [-0.2, 0) is 0 Å². The third kappa shape index (κ3) is 3.84. The first-order valence-corrected chi connectivity index (χ1v) is 11.0. The van der Waals surface area contributed by atoms with Crippen LogP contribution in [0, 0.1) is 18.3 Å². The van der Waals surface area contributed by atoms with E-state index in [9.17, 15) is 10.4 Å². The fraction of sp³-hybridized carbons (Fsp3) is 0.333. The summed E-state index contributed by atoms with van der Waals surface area (Å²) in [7, 11) is 2.15. The Hall–Kier alpha value is -3.74. The summed E-state index contributed by atoms with van der Waals surface area (Å²) in [4.78, 5) is 14.2. The molecule has 0 saturated carbocycles. The number of pyridine rings is 1. The number of rotatable bonds is 4. The number of nitriles is 1. The monoisotopic (exact) mass is 442 g/mol. The van der Waals surface area contributed by atoms with Gasteiger partial charge in [-0.25, -0.2) is 14.6 Å². The Morgan fingerprint density at radius 1 is 1.09 bits per heavy atom. The minimum absolute atomic E-state index is 0.306. The van der Waals surface area contributed by atoms with Crippen LogP contribution in [0.3, 0.4) is 0 Å². The van der Waals surface area contributed by atoms with E-state index in [0.29, 0.717) is 22.9 Å². The number of aliphatic hydroxyl groups excluding tert-OH is 1. The number of anilines is 1. The maximum absolute atomic E-state index is 10.3. The molecule has 4 heterocycles. The van der Waals surface area contributed by atoms with Crippen molar-refractivity contribution >= 4 is 16.7 Å². The highest BCUT2D eigenvalue weighted by Gasteiger charge is 2.19. The normalized spacial score (nSPS) is 15.7. The number of aliphatic hydroxyl groups is 1. The Bertz CT molecular complexity index is 1350. The number of aromatic nitrogens is 5. The summed E-state index contributed by atoms with van der Waals surface area (Å²) in [5, 5.41) is 23.9. The van der Waals surface area contributed by atoms with Crippen molar-refractivity contribution in [3.05, 3.63) is 59.7 Å². The lowest BCUT2D eigenvalue weighted by atomic mass is 10.1. The summed E-state index contributed by atoms with van der Waals surface area (Å²) in [5.74, 6) is 1.16. The van der Waals surface area contributed by atoms with Crippen LogP contribution < -0.4 is 4.90 Å². The average molecular weight is 443 g/mol. The van der Waals surface area contributed by atoms with E-state index in [-0.39, 0.29) is 0 Å². The molecule has 3 aromatic heterocycles. The third-order valence-electron chi connectivity index (χ3n) is 6.19. The molecule has 4 aromatic rings. The fourth-order valence-corrected chi connectivity index (χ4v) is 4.27. The second-order valence-electron chi connectivity index (χ2n) is 8.53. The third-order valence-corrected chi connectivity index (χ3v) is 6.19. The molecule has 33 heavy (non-hydrogen) atoms. The Morgan fingerprint density at radius 3 is 2.58 bits per heavy atom. The topological polar surface area (TPSA) is 99.0 Å². The molecule has 1 atom stereocenters. The van der Waals surface area contributed by atoms with Crippen LogP contribution in [0.1, 0.15) is 30.0 Å². The Labute approximate surface area is 192 Å². The number of fused-ring (bicyclic) bond motifs is 1. The predicted octanol–water partition coefficient (Wildman–Crippen LogP) is 2.59. The maximum atomic E-state index is 10.3. The second kappa shape index (κ2) is 8.31. The van der Waals surface area contributed by atoms with Crippen molar-refractivity contribution in [2.24, 2.45) is 0 Å². The largest absolute Gasteiger partial charge is 0.389 e. The second-order valence-corrected chi connectivity index (χ2v) is 8.53. The van der Waals surface area contributed by atoms with Gasteiger partial charge in [0.25, 0.3) is 0 Å². The molecule has 0 aliphatic carbocycles. The molecule has 0 bridgehead atoms. The Kier molecular flexibility index (Phi) is 5.32. The summed E-state index contributed by atoms with van der Waals surface area (Å²) in [6.07, 6.45) is 1.03. The van der Waals surface area contributed by atoms with E-state index in [1.165, 1.54) is 5.69 Å². The molecule has 9 heteroatoms. The van der Waals surface area contributed by atoms with Gasteiger partial charge < -0.3 is 14.9 Å². The van der Waals surface area contributed by atoms with E-state index >= 15 is 0 Å². The first-order chi connectivity index (χ1) is 15.9. The first kappa shape index (κ1) is 21.1. The highest BCUT2D eigenvalue weighted by atomic mass is 16.3. The number of hydrogen-bond donors (Lipinski definition) is 1. The minimum Gasteiger partial charge on any atom is -0.389 e. The van der Waals surface area contributed by atoms with Gasteiger partial charge in [0.2, 0.25) is 0 Å². The smallest absolute Gasteiger partial charge is 0.163 e. The number of piperazine rings is 1. The van der Waals surface area contributed by atoms with Crippen LogP contribution >= 0.6 is 0 Å². The Morgan fingerprint density at radius 2 is 1.88 bits per heavy atom. The molecule has 1 unspecified atom stereocenters. The van der Waals surface area contributed by atoms with Gasteiger partial charge in [-0.3, -0.25) is 4.57 Å². The number of imidazole rings is 1. The summed E-state index contributed by atoms with van der Waals surface area (Å²) in [6, 6.07) is 13.8. The van der Waals surface area contributed by atoms with Crippen LogP contribution in [0.5, 0.6) is 0 Å². The molecule has 0 spiro atoms. The van der Waals surface area contributed by atoms with E-state index in [1.54, 1.807) is 24.0 Å². The maximum Gasteiger partial charge on any atom is 0.163 e. The van der Waals surface area contributed by atoms with Crippen molar-refractivity contribution in [1.29, 1.82) is 5.26 Å². The molecule has 1 aliphatic rings. The van der Waals surface area contributed by atoms with Crippen molar-refractivity contribution in [2.45, 2.75) is 20.0 Å². The number of aryl methyl sites for hydroxylation is 1. The van der Waals surface area contributed by atoms with E-state index in [0.717, 1.165) is 42.9 Å². The fourth-order valence-electron chi connectivity index (χ4n) is 4.27. The van der Waals surface area contributed by atoms with Crippen molar-refractivity contribution < 1.29 is 5.11 Å². The molecule has 1 saturated heterocycles. The van der Waals surface area contributed by atoms with Gasteiger partial charge in [-0.1, -0.05) is 0 Å². The zero-order valence-corrected chi connectivity index (χ0v) is 19.0. The predicted molar refractivity (Wildman–Crippen MR) is 126 cm³/mol. The van der Waals surface area contributed by atoms with Crippen LogP contribution in [0.4, 0.5) is 5.69 Å². The van der Waals surface area contributed by atoms with E-state index in [2.05, 4.69) is 51.2 Å². The number of nitrogens with zero attached hydrogens (tertiary/aromatic N) is 8. The van der Waals surface area contributed by atoms with Crippen molar-refractivity contribution in [3.8, 4) is 17.7 Å². The Balaban J connectivity index is 1.56. The van der Waals surface area contributed by atoms with Gasteiger partial charge in [-0.2, -0.15) is 10.4 Å². The van der Waals surface area contributed by atoms with Crippen molar-refractivity contribution in [3.63, 3.8) is 0 Å². The SMILES string of the molecule is Cc1cc(C#N)nn1-c1nc(-n2cnc3cc(N4CCN(C)CC4)ccc32)ccc1C(C)O. The molecule has 0 amide bonds. The average Bonchev–Trinajstić information content (AvgIpc) is 3.41. The molecule has 1 N–H and O–H groups in total. The van der Waals surface area contributed by atoms with Crippen LogP contribution in [0.25, 0.3) is 22.7 Å². The van der Waals surface area contributed by atoms with Crippen molar-refractivity contribution in [2.75, 3.05) is 38.1 Å². The highest BCUT2D eigenvalue weighted by molar-refractivity contribution is 5.81. The quantitative estimate of drug-likeness (QED) is 0.519. The lowest BCUT2D eigenvalue weighted by molar-refractivity contribution is 0.198. The standard InChI is InChI=1S/C24H26N8O/c1-16-12-18(14-25)28-32(16)24-20(17(2)33)5-7-23(27-24)31-15-26-21-13-19(4-6-22(21)31)30-10-8-29(3)9-11-30/h4-7,12-13,15,17,33H,8-11H2,1-3H3. The van der Waals surface area contributed by atoms with Crippen molar-refractivity contribution in [1.82, 2.24) is 29.2 Å². The van der Waals surface area contributed by atoms with Gasteiger partial charge >= 0.3 is 0 Å². The van der Waals surface area contributed by atoms with Gasteiger partial charge in [-0.05, 0) is 57.3 Å². The van der Waals surface area contributed by atoms with Gasteiger partial charge in [0.1, 0.15) is 18.2 Å². The number of hydrogen-bond acceptors (Lipinski definition) is 7. The highest BCUT2D eigenvalue weighted by Crippen LogP contribution is 2.27. The van der Waals surface area contributed by atoms with Crippen LogP contribution in [0.15, 0.2) is 42.7 Å². The van der Waals surface area contributed by atoms with E-state index in [4.69, 9.17) is 4.98 Å². The van der Waals surface area contributed by atoms with E-state index < -0.39 is 6.10 Å². The lowest BCUT2D eigenvalue weighted by Gasteiger charge is -2.34. The van der Waals surface area contributed by atoms with Gasteiger partial charge in [-0.15, -0.1) is 0 Å².